The highest BCUT2D eigenvalue weighted by Crippen LogP contribution is 2.24. The maximum Gasteiger partial charge on any atom is 0.488 e. The van der Waals surface area contributed by atoms with Crippen molar-refractivity contribution in [3.63, 3.8) is 0 Å². The van der Waals surface area contributed by atoms with Crippen molar-refractivity contribution in [3.05, 3.63) is 172 Å². The molecule has 0 spiro atoms. The van der Waals surface area contributed by atoms with Crippen LogP contribution < -0.4 is 5.46 Å². The molecule has 5 aromatic carbocycles. The smallest absolute Gasteiger partial charge is 0.488 e. The molecule has 7 aromatic rings. The van der Waals surface area contributed by atoms with Crippen LogP contribution in [-0.4, -0.2) is 56.9 Å². The monoisotopic (exact) mass is 874 g/mol. The van der Waals surface area contributed by atoms with Crippen molar-refractivity contribution < 1.29 is 20.3 Å². The molecule has 0 saturated heterocycles. The van der Waals surface area contributed by atoms with Gasteiger partial charge in [0.25, 0.3) is 0 Å². The molecular formula is C37H34BBr3N6O4. The predicted molar refractivity (Wildman–Crippen MR) is 211 cm³/mol. The number of aromatic nitrogens is 6. The summed E-state index contributed by atoms with van der Waals surface area (Å²) in [5.74, 6) is 0.310. The first-order chi connectivity index (χ1) is 24.7. The minimum absolute atomic E-state index is 0.0330. The Hall–Kier alpha value is -4.60. The number of halogens is 3. The molecule has 0 saturated carbocycles. The fourth-order valence-corrected chi connectivity index (χ4v) is 5.72. The molecule has 7 rings (SSSR count). The van der Waals surface area contributed by atoms with Gasteiger partial charge in [-0.2, -0.15) is 10.2 Å². The van der Waals surface area contributed by atoms with Crippen LogP contribution in [0, 0.1) is 0 Å². The molecule has 0 aliphatic rings. The van der Waals surface area contributed by atoms with Crippen molar-refractivity contribution in [3.8, 4) is 22.6 Å². The number of phenolic OH excluding ortho intramolecular Hbond substituents is 2. The van der Waals surface area contributed by atoms with Crippen molar-refractivity contribution in [2.45, 2.75) is 18.4 Å². The van der Waals surface area contributed by atoms with E-state index in [1.807, 2.05) is 54.6 Å². The number of hydrogen-bond donors (Lipinski definition) is 4. The Morgan fingerprint density at radius 1 is 0.549 bits per heavy atom. The Morgan fingerprint density at radius 2 is 1.02 bits per heavy atom. The highest BCUT2D eigenvalue weighted by atomic mass is 79.9. The van der Waals surface area contributed by atoms with E-state index in [1.54, 1.807) is 40.2 Å². The van der Waals surface area contributed by atoms with Gasteiger partial charge in [-0.1, -0.05) is 115 Å². The van der Waals surface area contributed by atoms with Gasteiger partial charge in [-0.3, -0.25) is 0 Å². The van der Waals surface area contributed by atoms with Gasteiger partial charge in [0.05, 0.1) is 13.1 Å². The van der Waals surface area contributed by atoms with Gasteiger partial charge in [-0.05, 0) is 87.9 Å². The third kappa shape index (κ3) is 14.3. The molecule has 2 heterocycles. The zero-order valence-electron chi connectivity index (χ0n) is 27.2. The van der Waals surface area contributed by atoms with Gasteiger partial charge in [0.1, 0.15) is 36.8 Å². The number of rotatable bonds is 7. The Kier molecular flexibility index (Phi) is 16.1. The van der Waals surface area contributed by atoms with Crippen LogP contribution in [0.1, 0.15) is 16.7 Å². The van der Waals surface area contributed by atoms with Crippen LogP contribution in [0.25, 0.3) is 11.1 Å². The normalized spacial score (nSPS) is 10.1. The van der Waals surface area contributed by atoms with Crippen molar-refractivity contribution in [1.29, 1.82) is 0 Å². The van der Waals surface area contributed by atoms with E-state index >= 15 is 0 Å². The molecule has 0 radical (unpaired) electrons. The van der Waals surface area contributed by atoms with Gasteiger partial charge >= 0.3 is 7.12 Å². The summed E-state index contributed by atoms with van der Waals surface area (Å²) in [5.41, 5.74) is 6.02. The van der Waals surface area contributed by atoms with Crippen LogP contribution in [0.5, 0.6) is 11.5 Å². The molecule has 0 bridgehead atoms. The average Bonchev–Trinajstić information content (AvgIpc) is 3.84. The number of hydrogen-bond acceptors (Lipinski definition) is 8. The first kappa shape index (κ1) is 39.2. The Bertz CT molecular complexity index is 2050. The molecule has 0 atom stereocenters. The molecule has 0 amide bonds. The molecular weight excluding hydrogens is 843 g/mol. The van der Waals surface area contributed by atoms with Crippen LogP contribution >= 0.6 is 47.8 Å². The maximum atomic E-state index is 9.53. The van der Waals surface area contributed by atoms with Gasteiger partial charge in [0.15, 0.2) is 0 Å². The zero-order valence-corrected chi connectivity index (χ0v) is 31.9. The summed E-state index contributed by atoms with van der Waals surface area (Å²) in [6, 6.07) is 37.6. The van der Waals surface area contributed by atoms with Gasteiger partial charge in [0, 0.05) is 14.3 Å². The summed E-state index contributed by atoms with van der Waals surface area (Å²) in [5, 5.41) is 44.6. The second-order valence-electron chi connectivity index (χ2n) is 10.8. The molecule has 0 fully saturated rings. The molecule has 260 valence electrons. The molecule has 14 heteroatoms. The van der Waals surface area contributed by atoms with E-state index in [4.69, 9.17) is 15.2 Å². The standard InChI is InChI=1S/C15H13N3O.C9H8BrN3.C7H6Br2.C6H7BO3/c19-15-6-2-5-14(8-15)13-4-1-3-12(7-13)9-18-11-16-10-17-18;10-9-3-1-2-8(4-9)5-13-7-11-6-12-13;8-5-6-2-1-3-7(9)4-6;8-6-3-1-2-5(4-6)7(9)10/h1-8,10-11,19H,9H2;1-4,6-7H,5H2;1-4H,5H2;1-4,8-10H. The molecule has 0 aliphatic heterocycles. The highest BCUT2D eigenvalue weighted by molar-refractivity contribution is 9.10. The molecule has 51 heavy (non-hydrogen) atoms. The Morgan fingerprint density at radius 3 is 1.47 bits per heavy atom. The van der Waals surface area contributed by atoms with Crippen LogP contribution in [0.3, 0.4) is 0 Å². The minimum Gasteiger partial charge on any atom is -0.508 e. The first-order valence-corrected chi connectivity index (χ1v) is 18.1. The quantitative estimate of drug-likeness (QED) is 0.0974. The van der Waals surface area contributed by atoms with Gasteiger partial charge in [-0.15, -0.1) is 0 Å². The summed E-state index contributed by atoms with van der Waals surface area (Å²) in [7, 11) is -1.51. The zero-order chi connectivity index (χ0) is 36.4. The number of nitrogens with zero attached hydrogens (tertiary/aromatic N) is 6. The van der Waals surface area contributed by atoms with E-state index in [2.05, 4.69) is 98.3 Å². The first-order valence-electron chi connectivity index (χ1n) is 15.4. The third-order valence-corrected chi connectivity index (χ3v) is 8.46. The number of benzene rings is 5. The second kappa shape index (κ2) is 20.9. The maximum absolute atomic E-state index is 9.53. The van der Waals surface area contributed by atoms with Crippen LogP contribution in [0.2, 0.25) is 0 Å². The van der Waals surface area contributed by atoms with E-state index in [9.17, 15) is 5.11 Å². The second-order valence-corrected chi connectivity index (χ2v) is 13.2. The van der Waals surface area contributed by atoms with Crippen molar-refractivity contribution in [1.82, 2.24) is 29.5 Å². The number of phenols is 2. The fourth-order valence-electron chi connectivity index (χ4n) is 4.48. The lowest BCUT2D eigenvalue weighted by Gasteiger charge is -2.06. The van der Waals surface area contributed by atoms with Crippen LogP contribution in [-0.2, 0) is 18.4 Å². The summed E-state index contributed by atoms with van der Waals surface area (Å²) in [6.07, 6.45) is 6.47. The van der Waals surface area contributed by atoms with E-state index in [-0.39, 0.29) is 11.5 Å². The summed E-state index contributed by atoms with van der Waals surface area (Å²) < 4.78 is 5.80. The van der Waals surface area contributed by atoms with E-state index < -0.39 is 7.12 Å². The van der Waals surface area contributed by atoms with Crippen molar-refractivity contribution in [2.75, 3.05) is 0 Å². The van der Waals surface area contributed by atoms with E-state index in [0.717, 1.165) is 37.5 Å². The molecule has 0 aliphatic carbocycles. The minimum atomic E-state index is -1.51. The summed E-state index contributed by atoms with van der Waals surface area (Å²) in [4.78, 5) is 7.81. The fraction of sp³-hybridized carbons (Fsp3) is 0.0811. The van der Waals surface area contributed by atoms with Gasteiger partial charge in [-0.25, -0.2) is 19.3 Å². The van der Waals surface area contributed by atoms with Gasteiger partial charge in [0.2, 0.25) is 0 Å². The average molecular weight is 877 g/mol. The van der Waals surface area contributed by atoms with E-state index in [0.29, 0.717) is 12.0 Å². The Labute approximate surface area is 321 Å². The predicted octanol–water partition coefficient (Wildman–Crippen LogP) is 7.20. The van der Waals surface area contributed by atoms with Crippen LogP contribution in [0.4, 0.5) is 0 Å². The topological polar surface area (TPSA) is 142 Å². The Balaban J connectivity index is 0.000000160. The van der Waals surface area contributed by atoms with Crippen molar-refractivity contribution >= 4 is 60.4 Å². The summed E-state index contributed by atoms with van der Waals surface area (Å²) in [6.45, 7) is 1.45. The molecule has 4 N–H and O–H groups in total. The largest absolute Gasteiger partial charge is 0.508 e. The summed E-state index contributed by atoms with van der Waals surface area (Å²) >= 11 is 10.2. The third-order valence-electron chi connectivity index (χ3n) is 6.83. The van der Waals surface area contributed by atoms with Gasteiger partial charge < -0.3 is 20.3 Å². The molecule has 10 nitrogen and oxygen atoms in total. The SMILES string of the molecule is BrCc1cccc(Br)c1.Brc1cccc(Cn2cncn2)c1.OB(O)c1cccc(O)c1.Oc1cccc(-c2cccc(Cn3cncn3)c2)c1. The van der Waals surface area contributed by atoms with Crippen LogP contribution in [0.15, 0.2) is 156 Å². The number of aromatic hydroxyl groups is 2. The highest BCUT2D eigenvalue weighted by Gasteiger charge is 2.09. The lowest BCUT2D eigenvalue weighted by atomic mass is 9.80. The van der Waals surface area contributed by atoms with E-state index in [1.165, 1.54) is 42.0 Å². The number of alkyl halides is 1. The van der Waals surface area contributed by atoms with Crippen molar-refractivity contribution in [2.24, 2.45) is 0 Å². The molecule has 0 unspecified atom stereocenters. The lowest BCUT2D eigenvalue weighted by Crippen LogP contribution is -2.29. The lowest BCUT2D eigenvalue weighted by molar-refractivity contribution is 0.424. The molecule has 2 aromatic heterocycles.